The molecule has 0 aliphatic carbocycles. The van der Waals surface area contributed by atoms with Crippen molar-refractivity contribution in [1.82, 2.24) is 15.2 Å². The molecule has 1 aromatic heterocycles. The maximum absolute atomic E-state index is 12.4. The maximum atomic E-state index is 12.4. The van der Waals surface area contributed by atoms with E-state index in [2.05, 4.69) is 15.7 Å². The van der Waals surface area contributed by atoms with E-state index in [0.717, 1.165) is 61.8 Å². The van der Waals surface area contributed by atoms with Crippen LogP contribution in [0, 0.1) is 19.8 Å². The second-order valence-corrected chi connectivity index (χ2v) is 8.30. The summed E-state index contributed by atoms with van der Waals surface area (Å²) in [5.41, 5.74) is 2.32. The molecule has 1 aromatic carbocycles. The first kappa shape index (κ1) is 19.8. The van der Waals surface area contributed by atoms with Gasteiger partial charge in [-0.1, -0.05) is 12.1 Å². The van der Waals surface area contributed by atoms with E-state index in [1.165, 1.54) is 5.69 Å². The van der Waals surface area contributed by atoms with E-state index in [9.17, 15) is 4.79 Å². The molecule has 0 atom stereocenters. The summed E-state index contributed by atoms with van der Waals surface area (Å²) in [4.78, 5) is 18.8. The normalized spacial score (nSPS) is 15.1. The number of carbonyl (C=O) groups is 1. The predicted molar refractivity (Wildman–Crippen MR) is 109 cm³/mol. The van der Waals surface area contributed by atoms with E-state index >= 15 is 0 Å². The van der Waals surface area contributed by atoms with Gasteiger partial charge in [0.1, 0.15) is 5.75 Å². The number of piperidine rings is 1. The first-order valence-corrected chi connectivity index (χ1v) is 10.6. The highest BCUT2D eigenvalue weighted by molar-refractivity contribution is 7.09. The summed E-state index contributed by atoms with van der Waals surface area (Å²) in [6.07, 6.45) is 3.09. The third-order valence-corrected chi connectivity index (χ3v) is 5.80. The maximum Gasteiger partial charge on any atom is 0.260 e. The fourth-order valence-corrected chi connectivity index (χ4v) is 4.02. The molecular formula is C21H29N3O2S. The van der Waals surface area contributed by atoms with Crippen LogP contribution in [0.25, 0.3) is 0 Å². The fourth-order valence-electron chi connectivity index (χ4n) is 3.37. The van der Waals surface area contributed by atoms with Crippen molar-refractivity contribution >= 4 is 17.2 Å². The zero-order chi connectivity index (χ0) is 19.1. The van der Waals surface area contributed by atoms with Gasteiger partial charge in [-0.05, 0) is 56.8 Å². The summed E-state index contributed by atoms with van der Waals surface area (Å²) >= 11 is 1.71. The molecule has 1 saturated heterocycles. The van der Waals surface area contributed by atoms with Crippen molar-refractivity contribution in [1.29, 1.82) is 0 Å². The summed E-state index contributed by atoms with van der Waals surface area (Å²) in [5, 5.41) is 6.82. The van der Waals surface area contributed by atoms with Gasteiger partial charge in [-0.2, -0.15) is 0 Å². The van der Waals surface area contributed by atoms with E-state index < -0.39 is 0 Å². The van der Waals surface area contributed by atoms with E-state index in [4.69, 9.17) is 4.74 Å². The van der Waals surface area contributed by atoms with Crippen molar-refractivity contribution in [3.8, 4) is 5.75 Å². The highest BCUT2D eigenvalue weighted by Gasteiger charge is 2.22. The average molecular weight is 388 g/mol. The Morgan fingerprint density at radius 1 is 1.33 bits per heavy atom. The highest BCUT2D eigenvalue weighted by Crippen LogP contribution is 2.17. The van der Waals surface area contributed by atoms with Gasteiger partial charge in [0.05, 0.1) is 10.7 Å². The van der Waals surface area contributed by atoms with Crippen LogP contribution in [0.1, 0.15) is 29.1 Å². The predicted octanol–water partition coefficient (Wildman–Crippen LogP) is 3.21. The number of aromatic nitrogens is 1. The van der Waals surface area contributed by atoms with Crippen LogP contribution < -0.4 is 10.1 Å². The standard InChI is InChI=1S/C21H29N3O2S/c1-16-4-3-5-20(12-16)26-14-21(25)24-10-7-18(8-11-24)13-22-9-6-19-15-27-17(2)23-19/h3-5,12,15,18,22H,6-11,13-14H2,1-2H3. The van der Waals surface area contributed by atoms with Gasteiger partial charge in [-0.25, -0.2) is 4.98 Å². The first-order valence-electron chi connectivity index (χ1n) is 9.69. The minimum atomic E-state index is 0.0850. The van der Waals surface area contributed by atoms with Crippen LogP contribution in [0.15, 0.2) is 29.6 Å². The number of benzene rings is 1. The molecule has 2 heterocycles. The monoisotopic (exact) mass is 387 g/mol. The van der Waals surface area contributed by atoms with Gasteiger partial charge in [0.15, 0.2) is 6.61 Å². The number of aryl methyl sites for hydroxylation is 2. The lowest BCUT2D eigenvalue weighted by Gasteiger charge is -2.32. The van der Waals surface area contributed by atoms with Crippen LogP contribution in [0.2, 0.25) is 0 Å². The number of rotatable bonds is 8. The van der Waals surface area contributed by atoms with Crippen LogP contribution in [0.5, 0.6) is 5.75 Å². The molecule has 1 aliphatic rings. The topological polar surface area (TPSA) is 54.5 Å². The Balaban J connectivity index is 1.30. The summed E-state index contributed by atoms with van der Waals surface area (Å²) in [6.45, 7) is 7.83. The molecule has 0 radical (unpaired) electrons. The van der Waals surface area contributed by atoms with Gasteiger partial charge in [-0.3, -0.25) is 4.79 Å². The number of nitrogens with one attached hydrogen (secondary N) is 1. The number of nitrogens with zero attached hydrogens (tertiary/aromatic N) is 2. The molecule has 1 fully saturated rings. The summed E-state index contributed by atoms with van der Waals surface area (Å²) in [7, 11) is 0. The molecule has 2 aromatic rings. The molecule has 1 N–H and O–H groups in total. The third kappa shape index (κ3) is 6.33. The molecule has 5 nitrogen and oxygen atoms in total. The quantitative estimate of drug-likeness (QED) is 0.707. The van der Waals surface area contributed by atoms with E-state index in [0.29, 0.717) is 5.92 Å². The van der Waals surface area contributed by atoms with Crippen molar-refractivity contribution in [2.45, 2.75) is 33.1 Å². The van der Waals surface area contributed by atoms with Gasteiger partial charge in [0.2, 0.25) is 0 Å². The molecule has 0 bridgehead atoms. The van der Waals surface area contributed by atoms with Gasteiger partial charge in [-0.15, -0.1) is 11.3 Å². The van der Waals surface area contributed by atoms with Crippen molar-refractivity contribution in [3.63, 3.8) is 0 Å². The summed E-state index contributed by atoms with van der Waals surface area (Å²) < 4.78 is 5.64. The molecule has 0 spiro atoms. The molecule has 6 heteroatoms. The zero-order valence-electron chi connectivity index (χ0n) is 16.2. The summed E-state index contributed by atoms with van der Waals surface area (Å²) in [6, 6.07) is 7.82. The van der Waals surface area contributed by atoms with Gasteiger partial charge in [0, 0.05) is 31.4 Å². The highest BCUT2D eigenvalue weighted by atomic mass is 32.1. The van der Waals surface area contributed by atoms with Crippen LogP contribution in [0.3, 0.4) is 0 Å². The lowest BCUT2D eigenvalue weighted by atomic mass is 9.96. The number of hydrogen-bond acceptors (Lipinski definition) is 5. The van der Waals surface area contributed by atoms with Crippen LogP contribution in [-0.2, 0) is 11.2 Å². The lowest BCUT2D eigenvalue weighted by Crippen LogP contribution is -2.42. The molecule has 27 heavy (non-hydrogen) atoms. The fraction of sp³-hybridized carbons (Fsp3) is 0.524. The number of ether oxygens (including phenoxy) is 1. The Kier molecular flexibility index (Phi) is 7.24. The Labute approximate surface area is 165 Å². The molecule has 1 aliphatic heterocycles. The van der Waals surface area contributed by atoms with Crippen molar-refractivity contribution in [2.24, 2.45) is 5.92 Å². The molecular weight excluding hydrogens is 358 g/mol. The van der Waals surface area contributed by atoms with E-state index in [1.807, 2.05) is 43.0 Å². The minimum Gasteiger partial charge on any atom is -0.484 e. The Morgan fingerprint density at radius 2 is 2.15 bits per heavy atom. The zero-order valence-corrected chi connectivity index (χ0v) is 17.1. The molecule has 1 amide bonds. The minimum absolute atomic E-state index is 0.0850. The van der Waals surface area contributed by atoms with Gasteiger partial charge < -0.3 is 15.0 Å². The van der Waals surface area contributed by atoms with E-state index in [-0.39, 0.29) is 12.5 Å². The number of carbonyl (C=O) groups excluding carboxylic acids is 1. The first-order chi connectivity index (χ1) is 13.1. The molecule has 3 rings (SSSR count). The van der Waals surface area contributed by atoms with Gasteiger partial charge >= 0.3 is 0 Å². The van der Waals surface area contributed by atoms with Crippen LogP contribution in [-0.4, -0.2) is 48.6 Å². The number of hydrogen-bond donors (Lipinski definition) is 1. The van der Waals surface area contributed by atoms with E-state index in [1.54, 1.807) is 11.3 Å². The third-order valence-electron chi connectivity index (χ3n) is 4.98. The second-order valence-electron chi connectivity index (χ2n) is 7.24. The van der Waals surface area contributed by atoms with Crippen LogP contribution >= 0.6 is 11.3 Å². The molecule has 0 saturated carbocycles. The van der Waals surface area contributed by atoms with Crippen molar-refractivity contribution in [3.05, 3.63) is 45.9 Å². The molecule has 0 unspecified atom stereocenters. The number of amides is 1. The average Bonchev–Trinajstić information content (AvgIpc) is 3.09. The second kappa shape index (κ2) is 9.85. The number of likely N-dealkylation sites (tertiary alicyclic amines) is 1. The Hall–Kier alpha value is -1.92. The van der Waals surface area contributed by atoms with Crippen LogP contribution in [0.4, 0.5) is 0 Å². The SMILES string of the molecule is Cc1cccc(OCC(=O)N2CCC(CNCCc3csc(C)n3)CC2)c1. The molecule has 146 valence electrons. The van der Waals surface area contributed by atoms with Crippen molar-refractivity contribution < 1.29 is 9.53 Å². The van der Waals surface area contributed by atoms with Gasteiger partial charge in [0.25, 0.3) is 5.91 Å². The Bertz CT molecular complexity index is 739. The summed E-state index contributed by atoms with van der Waals surface area (Å²) in [5.74, 6) is 1.49. The lowest BCUT2D eigenvalue weighted by molar-refractivity contribution is -0.134. The smallest absolute Gasteiger partial charge is 0.260 e. The largest absolute Gasteiger partial charge is 0.484 e. The number of thiazole rings is 1. The van der Waals surface area contributed by atoms with Crippen molar-refractivity contribution in [2.75, 3.05) is 32.8 Å². The Morgan fingerprint density at radius 3 is 2.85 bits per heavy atom.